The number of halogens is 2. The Morgan fingerprint density at radius 1 is 1.09 bits per heavy atom. The molecule has 1 aromatic heterocycles. The molecule has 22 heavy (non-hydrogen) atoms. The molecule has 1 heterocycles. The van der Waals surface area contributed by atoms with Crippen molar-refractivity contribution in [3.05, 3.63) is 62.7 Å². The average Bonchev–Trinajstić information content (AvgIpc) is 2.53. The van der Waals surface area contributed by atoms with Gasteiger partial charge in [0.25, 0.3) is 0 Å². The first-order chi connectivity index (χ1) is 10.6. The van der Waals surface area contributed by atoms with Crippen molar-refractivity contribution in [2.75, 3.05) is 12.4 Å². The first kappa shape index (κ1) is 15.2. The Morgan fingerprint density at radius 3 is 2.50 bits per heavy atom. The molecule has 0 spiro atoms. The van der Waals surface area contributed by atoms with Crippen molar-refractivity contribution in [1.29, 1.82) is 0 Å². The fourth-order valence-electron chi connectivity index (χ4n) is 2.06. The van der Waals surface area contributed by atoms with E-state index in [2.05, 4.69) is 5.32 Å². The lowest BCUT2D eigenvalue weighted by molar-refractivity contribution is 0.415. The van der Waals surface area contributed by atoms with E-state index in [1.807, 2.05) is 36.4 Å². The Bertz CT molecular complexity index is 891. The third kappa shape index (κ3) is 2.77. The number of nitrogens with one attached hydrogen (secondary N) is 1. The van der Waals surface area contributed by atoms with Crippen LogP contribution >= 0.6 is 34.5 Å². The zero-order valence-corrected chi connectivity index (χ0v) is 13.9. The van der Waals surface area contributed by atoms with E-state index in [1.165, 1.54) is 11.3 Å². The van der Waals surface area contributed by atoms with Gasteiger partial charge in [-0.25, -0.2) is 0 Å². The van der Waals surface area contributed by atoms with Crippen molar-refractivity contribution in [3.8, 4) is 5.75 Å². The Balaban J connectivity index is 2.07. The Morgan fingerprint density at radius 2 is 1.82 bits per heavy atom. The van der Waals surface area contributed by atoms with E-state index >= 15 is 0 Å². The number of methoxy groups -OCH3 is 1. The second-order valence-electron chi connectivity index (χ2n) is 4.54. The summed E-state index contributed by atoms with van der Waals surface area (Å²) in [6, 6.07) is 12.7. The van der Waals surface area contributed by atoms with Crippen LogP contribution in [0.15, 0.2) is 47.3 Å². The van der Waals surface area contributed by atoms with Gasteiger partial charge in [-0.1, -0.05) is 29.3 Å². The summed E-state index contributed by atoms with van der Waals surface area (Å²) in [4.78, 5) is 12.4. The van der Waals surface area contributed by atoms with Gasteiger partial charge in [0.1, 0.15) is 15.8 Å². The molecule has 112 valence electrons. The lowest BCUT2D eigenvalue weighted by atomic mass is 10.2. The fraction of sp³-hybridized carbons (Fsp3) is 0.0625. The minimum Gasteiger partial charge on any atom is -0.497 e. The summed E-state index contributed by atoms with van der Waals surface area (Å²) >= 11 is 13.7. The normalized spacial score (nSPS) is 10.7. The fourth-order valence-corrected chi connectivity index (χ4v) is 3.66. The smallest absolute Gasteiger partial charge is 0.210 e. The number of rotatable bonds is 3. The van der Waals surface area contributed by atoms with E-state index in [9.17, 15) is 4.79 Å². The number of hydrogen-bond acceptors (Lipinski definition) is 4. The molecule has 0 saturated carbocycles. The number of benzene rings is 2. The van der Waals surface area contributed by atoms with Gasteiger partial charge in [0.15, 0.2) is 0 Å². The molecule has 3 rings (SSSR count). The van der Waals surface area contributed by atoms with Crippen molar-refractivity contribution in [2.24, 2.45) is 0 Å². The van der Waals surface area contributed by atoms with Crippen LogP contribution in [0.4, 0.5) is 10.7 Å². The van der Waals surface area contributed by atoms with E-state index < -0.39 is 0 Å². The van der Waals surface area contributed by atoms with Crippen LogP contribution in [0.2, 0.25) is 10.0 Å². The van der Waals surface area contributed by atoms with E-state index in [0.717, 1.165) is 16.1 Å². The topological polar surface area (TPSA) is 38.3 Å². The molecule has 0 aliphatic heterocycles. The second kappa shape index (κ2) is 6.16. The number of hydrogen-bond donors (Lipinski definition) is 1. The van der Waals surface area contributed by atoms with Crippen LogP contribution in [0.1, 0.15) is 0 Å². The zero-order chi connectivity index (χ0) is 15.7. The molecule has 3 aromatic rings. The molecule has 0 unspecified atom stereocenters. The van der Waals surface area contributed by atoms with Crippen molar-refractivity contribution in [3.63, 3.8) is 0 Å². The Labute approximate surface area is 141 Å². The van der Waals surface area contributed by atoms with Gasteiger partial charge < -0.3 is 10.1 Å². The highest BCUT2D eigenvalue weighted by Crippen LogP contribution is 2.34. The van der Waals surface area contributed by atoms with E-state index in [-0.39, 0.29) is 10.5 Å². The molecule has 0 amide bonds. The van der Waals surface area contributed by atoms with Crippen LogP contribution in [-0.4, -0.2) is 7.11 Å². The molecule has 0 bridgehead atoms. The molecule has 1 N–H and O–H groups in total. The molecule has 0 aliphatic rings. The maximum Gasteiger partial charge on any atom is 0.210 e. The minimum absolute atomic E-state index is 0.140. The maximum absolute atomic E-state index is 12.4. The SMILES string of the molecule is COc1ccc(Nc2sc3cccc(Cl)c3c(=O)c2Cl)cc1. The summed E-state index contributed by atoms with van der Waals surface area (Å²) in [5.74, 6) is 0.759. The predicted octanol–water partition coefficient (Wildman–Crippen LogP) is 5.32. The van der Waals surface area contributed by atoms with Crippen LogP contribution in [0.3, 0.4) is 0 Å². The summed E-state index contributed by atoms with van der Waals surface area (Å²) in [6.07, 6.45) is 0. The number of anilines is 2. The molecule has 6 heteroatoms. The molecule has 2 aromatic carbocycles. The third-order valence-electron chi connectivity index (χ3n) is 3.16. The lowest BCUT2D eigenvalue weighted by Gasteiger charge is -2.09. The maximum atomic E-state index is 12.4. The Kier molecular flexibility index (Phi) is 4.25. The highest BCUT2D eigenvalue weighted by atomic mass is 35.5. The largest absolute Gasteiger partial charge is 0.497 e. The van der Waals surface area contributed by atoms with Crippen molar-refractivity contribution in [2.45, 2.75) is 0 Å². The van der Waals surface area contributed by atoms with E-state index in [0.29, 0.717) is 15.4 Å². The molecule has 0 atom stereocenters. The Hall–Kier alpha value is -1.75. The first-order valence-electron chi connectivity index (χ1n) is 6.42. The van der Waals surface area contributed by atoms with Gasteiger partial charge in [-0.3, -0.25) is 4.79 Å². The van der Waals surface area contributed by atoms with E-state index in [1.54, 1.807) is 13.2 Å². The predicted molar refractivity (Wildman–Crippen MR) is 94.4 cm³/mol. The van der Waals surface area contributed by atoms with Crippen LogP contribution < -0.4 is 15.5 Å². The van der Waals surface area contributed by atoms with Gasteiger partial charge in [0, 0.05) is 10.4 Å². The van der Waals surface area contributed by atoms with Crippen molar-refractivity contribution >= 4 is 55.3 Å². The summed E-state index contributed by atoms with van der Waals surface area (Å²) in [5.41, 5.74) is 0.553. The molecule has 0 fully saturated rings. The van der Waals surface area contributed by atoms with Gasteiger partial charge in [-0.15, -0.1) is 11.3 Å². The molecule has 0 aliphatic carbocycles. The summed E-state index contributed by atoms with van der Waals surface area (Å²) < 4.78 is 5.91. The van der Waals surface area contributed by atoms with Gasteiger partial charge in [0.2, 0.25) is 5.43 Å². The van der Waals surface area contributed by atoms with Gasteiger partial charge in [0.05, 0.1) is 17.5 Å². The van der Waals surface area contributed by atoms with Gasteiger partial charge in [-0.2, -0.15) is 0 Å². The standard InChI is InChI=1S/C16H11Cl2NO2S/c1-21-10-7-5-9(6-8-10)19-16-14(18)15(20)13-11(17)3-2-4-12(13)22-16/h2-8,19H,1H3. The van der Waals surface area contributed by atoms with Crippen molar-refractivity contribution < 1.29 is 4.74 Å². The first-order valence-corrected chi connectivity index (χ1v) is 7.99. The van der Waals surface area contributed by atoms with Crippen LogP contribution in [0.25, 0.3) is 10.1 Å². The summed E-state index contributed by atoms with van der Waals surface area (Å²) in [7, 11) is 1.61. The number of fused-ring (bicyclic) bond motifs is 1. The van der Waals surface area contributed by atoms with Crippen LogP contribution in [-0.2, 0) is 0 Å². The third-order valence-corrected chi connectivity index (χ3v) is 5.02. The summed E-state index contributed by atoms with van der Waals surface area (Å²) in [6.45, 7) is 0. The van der Waals surface area contributed by atoms with E-state index in [4.69, 9.17) is 27.9 Å². The minimum atomic E-state index is -0.267. The quantitative estimate of drug-likeness (QED) is 0.693. The highest BCUT2D eigenvalue weighted by molar-refractivity contribution is 7.22. The monoisotopic (exact) mass is 351 g/mol. The van der Waals surface area contributed by atoms with Gasteiger partial charge in [-0.05, 0) is 36.4 Å². The van der Waals surface area contributed by atoms with Gasteiger partial charge >= 0.3 is 0 Å². The molecule has 0 radical (unpaired) electrons. The zero-order valence-electron chi connectivity index (χ0n) is 11.5. The molecular formula is C16H11Cl2NO2S. The highest BCUT2D eigenvalue weighted by Gasteiger charge is 2.13. The molecular weight excluding hydrogens is 341 g/mol. The average molecular weight is 352 g/mol. The number of ether oxygens (including phenoxy) is 1. The summed E-state index contributed by atoms with van der Waals surface area (Å²) in [5, 5.41) is 4.76. The molecule has 0 saturated heterocycles. The van der Waals surface area contributed by atoms with Crippen molar-refractivity contribution in [1.82, 2.24) is 0 Å². The lowest BCUT2D eigenvalue weighted by Crippen LogP contribution is -2.04. The second-order valence-corrected chi connectivity index (χ2v) is 6.38. The molecule has 3 nitrogen and oxygen atoms in total. The van der Waals surface area contributed by atoms with Crippen LogP contribution in [0, 0.1) is 0 Å². The van der Waals surface area contributed by atoms with Crippen LogP contribution in [0.5, 0.6) is 5.75 Å².